The van der Waals surface area contributed by atoms with Gasteiger partial charge in [-0.15, -0.1) is 17.9 Å². The number of nitrogens with zero attached hydrogens (tertiary/aromatic N) is 1. The number of thiazole rings is 1. The van der Waals surface area contributed by atoms with E-state index in [9.17, 15) is 14.7 Å². The predicted octanol–water partition coefficient (Wildman–Crippen LogP) is 3.28. The van der Waals surface area contributed by atoms with Crippen LogP contribution in [-0.2, 0) is 4.79 Å². The molecule has 1 amide bonds. The lowest BCUT2D eigenvalue weighted by molar-refractivity contribution is -0.139. The number of aryl methyl sites for hydroxylation is 1. The molecule has 2 aromatic rings. The van der Waals surface area contributed by atoms with E-state index < -0.39 is 17.9 Å². The van der Waals surface area contributed by atoms with Crippen LogP contribution in [0.25, 0.3) is 10.6 Å². The summed E-state index contributed by atoms with van der Waals surface area (Å²) in [5, 5.41) is 12.5. The number of hydrogen-bond acceptors (Lipinski definition) is 6. The Balaban J connectivity index is 2.26. The molecule has 8 heteroatoms. The van der Waals surface area contributed by atoms with Crippen LogP contribution in [0.5, 0.6) is 11.5 Å². The molecule has 1 aromatic carbocycles. The lowest BCUT2D eigenvalue weighted by atomic mass is 10.1. The molecule has 0 spiro atoms. The van der Waals surface area contributed by atoms with Crippen molar-refractivity contribution in [3.63, 3.8) is 0 Å². The second-order valence-electron chi connectivity index (χ2n) is 5.73. The second kappa shape index (κ2) is 9.18. The largest absolute Gasteiger partial charge is 0.493 e. The summed E-state index contributed by atoms with van der Waals surface area (Å²) in [5.74, 6) is -0.371. The maximum absolute atomic E-state index is 12.5. The van der Waals surface area contributed by atoms with Crippen LogP contribution in [0.1, 0.15) is 28.2 Å². The third kappa shape index (κ3) is 4.85. The topological polar surface area (TPSA) is 97.8 Å². The van der Waals surface area contributed by atoms with Crippen molar-refractivity contribution in [1.82, 2.24) is 10.3 Å². The highest BCUT2D eigenvalue weighted by atomic mass is 32.1. The highest BCUT2D eigenvalue weighted by molar-refractivity contribution is 7.17. The third-order valence-electron chi connectivity index (χ3n) is 3.90. The van der Waals surface area contributed by atoms with Gasteiger partial charge in [-0.25, -0.2) is 9.78 Å². The number of hydrogen-bond donors (Lipinski definition) is 2. The fourth-order valence-corrected chi connectivity index (χ4v) is 3.43. The molecule has 1 unspecified atom stereocenters. The van der Waals surface area contributed by atoms with Crippen LogP contribution in [-0.4, -0.2) is 42.2 Å². The van der Waals surface area contributed by atoms with Gasteiger partial charge in [-0.05, 0) is 38.0 Å². The van der Waals surface area contributed by atoms with Gasteiger partial charge in [0.1, 0.15) is 15.9 Å². The van der Waals surface area contributed by atoms with Crippen LogP contribution in [0.3, 0.4) is 0 Å². The molecule has 0 aliphatic rings. The zero-order valence-electron chi connectivity index (χ0n) is 15.4. The number of aromatic nitrogens is 1. The van der Waals surface area contributed by atoms with Gasteiger partial charge in [0.15, 0.2) is 11.5 Å². The molecule has 0 fully saturated rings. The van der Waals surface area contributed by atoms with Gasteiger partial charge in [-0.2, -0.15) is 0 Å². The Kier molecular flexibility index (Phi) is 6.95. The van der Waals surface area contributed by atoms with Gasteiger partial charge in [-0.1, -0.05) is 6.08 Å². The average molecular weight is 390 g/mol. The van der Waals surface area contributed by atoms with E-state index in [1.54, 1.807) is 39.4 Å². The van der Waals surface area contributed by atoms with E-state index in [0.29, 0.717) is 33.5 Å². The number of nitrogens with one attached hydrogen (secondary N) is 1. The molecule has 1 heterocycles. The van der Waals surface area contributed by atoms with Crippen molar-refractivity contribution in [3.05, 3.63) is 41.4 Å². The molecule has 27 heavy (non-hydrogen) atoms. The SMILES string of the molecule is C=CCCC(NC(=O)c1sc(-c2ccc(OC)c(OC)c2)nc1C)C(=O)O. The number of carbonyl (C=O) groups excluding carboxylic acids is 1. The summed E-state index contributed by atoms with van der Waals surface area (Å²) in [4.78, 5) is 28.7. The van der Waals surface area contributed by atoms with Crippen LogP contribution in [0.4, 0.5) is 0 Å². The monoisotopic (exact) mass is 390 g/mol. The number of amides is 1. The molecule has 1 aromatic heterocycles. The minimum Gasteiger partial charge on any atom is -0.493 e. The molecule has 0 aliphatic carbocycles. The van der Waals surface area contributed by atoms with E-state index in [2.05, 4.69) is 16.9 Å². The van der Waals surface area contributed by atoms with Crippen molar-refractivity contribution in [2.24, 2.45) is 0 Å². The molecule has 7 nitrogen and oxygen atoms in total. The second-order valence-corrected chi connectivity index (χ2v) is 6.73. The van der Waals surface area contributed by atoms with Gasteiger partial charge < -0.3 is 19.9 Å². The van der Waals surface area contributed by atoms with Gasteiger partial charge in [0.25, 0.3) is 5.91 Å². The maximum atomic E-state index is 12.5. The molecule has 0 aliphatic heterocycles. The highest BCUT2D eigenvalue weighted by Crippen LogP contribution is 2.35. The number of carboxylic acids is 1. The number of carboxylic acid groups (broad SMARTS) is 1. The number of methoxy groups -OCH3 is 2. The summed E-state index contributed by atoms with van der Waals surface area (Å²) in [6, 6.07) is 4.40. The standard InChI is InChI=1S/C19H22N2O5S/c1-5-6-7-13(19(23)24)21-17(22)16-11(2)20-18(27-16)12-8-9-14(25-3)15(10-12)26-4/h5,8-10,13H,1,6-7H2,2-4H3,(H,21,22)(H,23,24). The maximum Gasteiger partial charge on any atom is 0.326 e. The first-order valence-electron chi connectivity index (χ1n) is 8.25. The van der Waals surface area contributed by atoms with Crippen LogP contribution < -0.4 is 14.8 Å². The number of aliphatic carboxylic acids is 1. The number of benzene rings is 1. The van der Waals surface area contributed by atoms with Gasteiger partial charge in [0.05, 0.1) is 19.9 Å². The first-order valence-corrected chi connectivity index (χ1v) is 9.07. The minimum absolute atomic E-state index is 0.283. The molecular weight excluding hydrogens is 368 g/mol. The normalized spacial score (nSPS) is 11.5. The minimum atomic E-state index is -1.08. The highest BCUT2D eigenvalue weighted by Gasteiger charge is 2.23. The fourth-order valence-electron chi connectivity index (χ4n) is 2.47. The lowest BCUT2D eigenvalue weighted by Crippen LogP contribution is -2.40. The van der Waals surface area contributed by atoms with Crippen LogP contribution in [0, 0.1) is 6.92 Å². The molecule has 0 saturated carbocycles. The van der Waals surface area contributed by atoms with Crippen molar-refractivity contribution in [1.29, 1.82) is 0 Å². The molecule has 0 saturated heterocycles. The quantitative estimate of drug-likeness (QED) is 0.638. The van der Waals surface area contributed by atoms with Crippen LogP contribution >= 0.6 is 11.3 Å². The number of rotatable bonds is 9. The van der Waals surface area contributed by atoms with Gasteiger partial charge >= 0.3 is 5.97 Å². The van der Waals surface area contributed by atoms with Crippen molar-refractivity contribution in [2.45, 2.75) is 25.8 Å². The van der Waals surface area contributed by atoms with Gasteiger partial charge in [-0.3, -0.25) is 4.79 Å². The lowest BCUT2D eigenvalue weighted by Gasteiger charge is -2.12. The van der Waals surface area contributed by atoms with E-state index in [1.165, 1.54) is 11.3 Å². The summed E-state index contributed by atoms with van der Waals surface area (Å²) in [5.41, 5.74) is 1.32. The smallest absolute Gasteiger partial charge is 0.326 e. The van der Waals surface area contributed by atoms with Crippen molar-refractivity contribution >= 4 is 23.2 Å². The molecule has 2 N–H and O–H groups in total. The van der Waals surface area contributed by atoms with Gasteiger partial charge in [0.2, 0.25) is 0 Å². The van der Waals surface area contributed by atoms with Crippen molar-refractivity contribution < 1.29 is 24.2 Å². The van der Waals surface area contributed by atoms with E-state index in [-0.39, 0.29) is 6.42 Å². The van der Waals surface area contributed by atoms with Gasteiger partial charge in [0, 0.05) is 5.56 Å². The van der Waals surface area contributed by atoms with Crippen molar-refractivity contribution in [3.8, 4) is 22.1 Å². The molecule has 1 atom stereocenters. The van der Waals surface area contributed by atoms with Crippen molar-refractivity contribution in [2.75, 3.05) is 14.2 Å². The first kappa shape index (κ1) is 20.4. The summed E-state index contributed by atoms with van der Waals surface area (Å²) in [7, 11) is 3.10. The Labute approximate surface area is 161 Å². The van der Waals surface area contributed by atoms with E-state index >= 15 is 0 Å². The number of ether oxygens (including phenoxy) is 2. The third-order valence-corrected chi connectivity index (χ3v) is 5.10. The Morgan fingerprint density at radius 1 is 1.33 bits per heavy atom. The predicted molar refractivity (Wildman–Crippen MR) is 104 cm³/mol. The summed E-state index contributed by atoms with van der Waals surface area (Å²) in [6.07, 6.45) is 2.40. The number of allylic oxidation sites excluding steroid dienone is 1. The Bertz CT molecular complexity index is 847. The molecular formula is C19H22N2O5S. The first-order chi connectivity index (χ1) is 12.9. The number of carbonyl (C=O) groups is 2. The summed E-state index contributed by atoms with van der Waals surface area (Å²) < 4.78 is 10.5. The average Bonchev–Trinajstić information content (AvgIpc) is 3.05. The molecule has 2 rings (SSSR count). The molecule has 0 radical (unpaired) electrons. The van der Waals surface area contributed by atoms with Crippen LogP contribution in [0.2, 0.25) is 0 Å². The Morgan fingerprint density at radius 2 is 2.04 bits per heavy atom. The molecule has 144 valence electrons. The van der Waals surface area contributed by atoms with E-state index in [4.69, 9.17) is 9.47 Å². The fraction of sp³-hybridized carbons (Fsp3) is 0.316. The Hall–Kier alpha value is -2.87. The summed E-state index contributed by atoms with van der Waals surface area (Å²) >= 11 is 1.20. The zero-order chi connectivity index (χ0) is 20.0. The zero-order valence-corrected chi connectivity index (χ0v) is 16.3. The van der Waals surface area contributed by atoms with Crippen LogP contribution in [0.15, 0.2) is 30.9 Å². The van der Waals surface area contributed by atoms with E-state index in [0.717, 1.165) is 5.56 Å². The summed E-state index contributed by atoms with van der Waals surface area (Å²) in [6.45, 7) is 5.29. The molecule has 0 bridgehead atoms. The van der Waals surface area contributed by atoms with E-state index in [1.807, 2.05) is 6.07 Å². The Morgan fingerprint density at radius 3 is 2.63 bits per heavy atom.